The molecule has 1 N–H and O–H groups in total. The Kier molecular flexibility index (Phi) is 4.67. The molecule has 4 rings (SSSR count). The maximum Gasteiger partial charge on any atom is 0.317 e. The Morgan fingerprint density at radius 2 is 2.15 bits per heavy atom. The SMILES string of the molecule is CC1(C)CN(C(=O)NCCc2cc3ccccc3s2)CC2(CCOC2)O1. The minimum absolute atomic E-state index is 0.00578. The van der Waals surface area contributed by atoms with Crippen LogP contribution >= 0.6 is 11.3 Å². The second-order valence-electron chi connectivity index (χ2n) is 7.94. The van der Waals surface area contributed by atoms with Crippen molar-refractivity contribution in [2.75, 3.05) is 32.8 Å². The van der Waals surface area contributed by atoms with Gasteiger partial charge in [-0.05, 0) is 37.8 Å². The molecular formula is C20H26N2O3S. The fraction of sp³-hybridized carbons (Fsp3) is 0.550. The summed E-state index contributed by atoms with van der Waals surface area (Å²) in [5.74, 6) is 0. The zero-order valence-electron chi connectivity index (χ0n) is 15.4. The number of rotatable bonds is 3. The molecule has 0 saturated carbocycles. The predicted molar refractivity (Wildman–Crippen MR) is 104 cm³/mol. The lowest BCUT2D eigenvalue weighted by molar-refractivity contribution is -0.185. The van der Waals surface area contributed by atoms with E-state index >= 15 is 0 Å². The highest BCUT2D eigenvalue weighted by molar-refractivity contribution is 7.19. The van der Waals surface area contributed by atoms with E-state index in [0.717, 1.165) is 12.8 Å². The van der Waals surface area contributed by atoms with Crippen molar-refractivity contribution in [2.24, 2.45) is 0 Å². The number of amides is 2. The summed E-state index contributed by atoms with van der Waals surface area (Å²) in [5, 5.41) is 4.36. The summed E-state index contributed by atoms with van der Waals surface area (Å²) in [5.41, 5.74) is -0.695. The van der Waals surface area contributed by atoms with Crippen LogP contribution in [0.5, 0.6) is 0 Å². The van der Waals surface area contributed by atoms with Crippen LogP contribution in [0.25, 0.3) is 10.1 Å². The molecule has 5 nitrogen and oxygen atoms in total. The molecule has 0 bridgehead atoms. The molecule has 1 unspecified atom stereocenters. The van der Waals surface area contributed by atoms with Crippen molar-refractivity contribution in [2.45, 2.75) is 37.9 Å². The number of nitrogens with one attached hydrogen (secondary N) is 1. The monoisotopic (exact) mass is 374 g/mol. The number of urea groups is 1. The Balaban J connectivity index is 1.35. The van der Waals surface area contributed by atoms with E-state index in [1.165, 1.54) is 15.0 Å². The second-order valence-corrected chi connectivity index (χ2v) is 9.10. The molecule has 1 aromatic carbocycles. The molecule has 2 aliphatic rings. The van der Waals surface area contributed by atoms with Gasteiger partial charge in [0.05, 0.1) is 25.3 Å². The van der Waals surface area contributed by atoms with Crippen molar-refractivity contribution >= 4 is 27.5 Å². The van der Waals surface area contributed by atoms with Gasteiger partial charge in [0.1, 0.15) is 5.60 Å². The van der Waals surface area contributed by atoms with Gasteiger partial charge in [-0.1, -0.05) is 18.2 Å². The van der Waals surface area contributed by atoms with Crippen LogP contribution in [0.1, 0.15) is 25.1 Å². The van der Waals surface area contributed by atoms with E-state index in [0.29, 0.717) is 32.8 Å². The van der Waals surface area contributed by atoms with Gasteiger partial charge in [0.15, 0.2) is 0 Å². The zero-order chi connectivity index (χ0) is 18.2. The lowest BCUT2D eigenvalue weighted by atomic mass is 9.95. The van der Waals surface area contributed by atoms with E-state index in [-0.39, 0.29) is 17.2 Å². The molecule has 1 atom stereocenters. The van der Waals surface area contributed by atoms with E-state index < -0.39 is 0 Å². The van der Waals surface area contributed by atoms with Gasteiger partial charge in [-0.2, -0.15) is 0 Å². The van der Waals surface area contributed by atoms with Crippen LogP contribution in [0.4, 0.5) is 4.79 Å². The summed E-state index contributed by atoms with van der Waals surface area (Å²) in [6.07, 6.45) is 1.70. The molecule has 1 aromatic heterocycles. The average molecular weight is 375 g/mol. The number of morpholine rings is 1. The van der Waals surface area contributed by atoms with E-state index in [2.05, 4.69) is 35.6 Å². The first-order chi connectivity index (χ1) is 12.4. The quantitative estimate of drug-likeness (QED) is 0.896. The highest BCUT2D eigenvalue weighted by Crippen LogP contribution is 2.34. The molecule has 2 aromatic rings. The Labute approximate surface area is 158 Å². The molecule has 0 radical (unpaired) electrons. The van der Waals surface area contributed by atoms with Crippen LogP contribution in [-0.2, 0) is 15.9 Å². The van der Waals surface area contributed by atoms with Crippen LogP contribution in [0, 0.1) is 0 Å². The fourth-order valence-corrected chi connectivity index (χ4v) is 5.08. The van der Waals surface area contributed by atoms with Crippen molar-refractivity contribution in [3.63, 3.8) is 0 Å². The van der Waals surface area contributed by atoms with Crippen LogP contribution in [0.2, 0.25) is 0 Å². The number of ether oxygens (including phenoxy) is 2. The minimum atomic E-state index is -0.352. The average Bonchev–Trinajstić information content (AvgIpc) is 3.19. The number of hydrogen-bond acceptors (Lipinski definition) is 4. The molecule has 0 aliphatic carbocycles. The fourth-order valence-electron chi connectivity index (χ4n) is 4.02. The number of carbonyl (C=O) groups is 1. The number of benzene rings is 1. The Morgan fingerprint density at radius 1 is 1.31 bits per heavy atom. The standard InChI is InChI=1S/C20H26N2O3S/c1-19(2)12-22(13-20(25-19)8-10-24-14-20)18(23)21-9-7-16-11-15-5-3-4-6-17(15)26-16/h3-6,11H,7-10,12-14H2,1-2H3,(H,21,23). The topological polar surface area (TPSA) is 50.8 Å². The molecule has 2 amide bonds. The number of nitrogens with zero attached hydrogens (tertiary/aromatic N) is 1. The van der Waals surface area contributed by atoms with Crippen molar-refractivity contribution in [1.82, 2.24) is 10.2 Å². The molecule has 3 heterocycles. The Morgan fingerprint density at radius 3 is 2.92 bits per heavy atom. The van der Waals surface area contributed by atoms with Crippen LogP contribution < -0.4 is 5.32 Å². The van der Waals surface area contributed by atoms with Crippen molar-refractivity contribution in [1.29, 1.82) is 0 Å². The van der Waals surface area contributed by atoms with Crippen LogP contribution in [0.3, 0.4) is 0 Å². The highest BCUT2D eigenvalue weighted by atomic mass is 32.1. The first-order valence-corrected chi connectivity index (χ1v) is 10.0. The number of thiophene rings is 1. The second kappa shape index (κ2) is 6.83. The minimum Gasteiger partial charge on any atom is -0.378 e. The number of fused-ring (bicyclic) bond motifs is 1. The van der Waals surface area contributed by atoms with E-state index in [1.54, 1.807) is 11.3 Å². The van der Waals surface area contributed by atoms with Crippen LogP contribution in [-0.4, -0.2) is 55.0 Å². The summed E-state index contributed by atoms with van der Waals surface area (Å²) in [7, 11) is 0. The smallest absolute Gasteiger partial charge is 0.317 e. The molecule has 2 saturated heterocycles. The number of hydrogen-bond donors (Lipinski definition) is 1. The maximum absolute atomic E-state index is 12.7. The van der Waals surface area contributed by atoms with E-state index in [1.807, 2.05) is 18.7 Å². The van der Waals surface area contributed by atoms with Gasteiger partial charge in [-0.25, -0.2) is 4.79 Å². The molecule has 140 valence electrons. The largest absolute Gasteiger partial charge is 0.378 e. The molecule has 2 aliphatic heterocycles. The molecule has 6 heteroatoms. The third kappa shape index (κ3) is 3.72. The van der Waals surface area contributed by atoms with Gasteiger partial charge < -0.3 is 19.7 Å². The normalized spacial score (nSPS) is 25.1. The Bertz CT molecular complexity index is 762. The molecule has 26 heavy (non-hydrogen) atoms. The first-order valence-electron chi connectivity index (χ1n) is 9.23. The summed E-state index contributed by atoms with van der Waals surface area (Å²) in [6.45, 7) is 7.22. The predicted octanol–water partition coefficient (Wildman–Crippen LogP) is 3.42. The third-order valence-electron chi connectivity index (χ3n) is 5.02. The molecule has 1 spiro atoms. The van der Waals surface area contributed by atoms with E-state index in [9.17, 15) is 4.79 Å². The van der Waals surface area contributed by atoms with Crippen molar-refractivity contribution < 1.29 is 14.3 Å². The zero-order valence-corrected chi connectivity index (χ0v) is 16.2. The number of carbonyl (C=O) groups excluding carboxylic acids is 1. The van der Waals surface area contributed by atoms with Gasteiger partial charge in [-0.3, -0.25) is 0 Å². The third-order valence-corrected chi connectivity index (χ3v) is 6.20. The summed E-state index contributed by atoms with van der Waals surface area (Å²) in [6, 6.07) is 10.6. The Hall–Kier alpha value is -1.63. The summed E-state index contributed by atoms with van der Waals surface area (Å²) in [4.78, 5) is 15.9. The highest BCUT2D eigenvalue weighted by Gasteiger charge is 2.47. The van der Waals surface area contributed by atoms with Gasteiger partial charge >= 0.3 is 6.03 Å². The van der Waals surface area contributed by atoms with E-state index in [4.69, 9.17) is 9.47 Å². The lowest BCUT2D eigenvalue weighted by Crippen LogP contribution is -2.62. The maximum atomic E-state index is 12.7. The summed E-state index contributed by atoms with van der Waals surface area (Å²) < 4.78 is 13.1. The van der Waals surface area contributed by atoms with Gasteiger partial charge in [0.2, 0.25) is 0 Å². The van der Waals surface area contributed by atoms with Crippen molar-refractivity contribution in [3.8, 4) is 0 Å². The lowest BCUT2D eigenvalue weighted by Gasteiger charge is -2.47. The van der Waals surface area contributed by atoms with Gasteiger partial charge in [-0.15, -0.1) is 11.3 Å². The van der Waals surface area contributed by atoms with Gasteiger partial charge in [0, 0.05) is 29.1 Å². The first kappa shape index (κ1) is 17.8. The van der Waals surface area contributed by atoms with Crippen LogP contribution in [0.15, 0.2) is 30.3 Å². The molecular weight excluding hydrogens is 348 g/mol. The van der Waals surface area contributed by atoms with Gasteiger partial charge in [0.25, 0.3) is 0 Å². The summed E-state index contributed by atoms with van der Waals surface area (Å²) >= 11 is 1.80. The van der Waals surface area contributed by atoms with Crippen molar-refractivity contribution in [3.05, 3.63) is 35.2 Å². The molecule has 2 fully saturated rings.